The summed E-state index contributed by atoms with van der Waals surface area (Å²) in [5.74, 6) is 2.18. The monoisotopic (exact) mass is 447 g/mol. The summed E-state index contributed by atoms with van der Waals surface area (Å²) in [5, 5.41) is 1.02. The Morgan fingerprint density at radius 3 is 2.24 bits per heavy atom. The number of likely N-dealkylation sites (N-methyl/N-ethyl adjacent to an activating group) is 1. The molecule has 4 rings (SSSR count). The molecule has 0 aliphatic heterocycles. The van der Waals surface area contributed by atoms with Crippen molar-refractivity contribution in [2.45, 2.75) is 20.3 Å². The number of fused-ring (bicyclic) bond motifs is 1. The molecule has 4 aromatic rings. The zero-order chi connectivity index (χ0) is 23.2. The summed E-state index contributed by atoms with van der Waals surface area (Å²) >= 11 is 0. The molecule has 0 radical (unpaired) electrons. The fraction of sp³-hybridized carbons (Fsp3) is 0.286. The van der Waals surface area contributed by atoms with Gasteiger partial charge in [-0.25, -0.2) is 4.39 Å². The summed E-state index contributed by atoms with van der Waals surface area (Å²) in [4.78, 5) is 2.34. The lowest BCUT2D eigenvalue weighted by atomic mass is 9.98. The van der Waals surface area contributed by atoms with Gasteiger partial charge in [0.05, 0.1) is 7.11 Å². The number of halogens is 1. The van der Waals surface area contributed by atoms with E-state index in [1.54, 1.807) is 19.2 Å². The summed E-state index contributed by atoms with van der Waals surface area (Å²) < 4.78 is 31.0. The molecule has 0 aliphatic rings. The fourth-order valence-corrected chi connectivity index (χ4v) is 4.03. The molecule has 0 saturated heterocycles. The molecular formula is C28H30FNO3. The van der Waals surface area contributed by atoms with E-state index in [0.29, 0.717) is 13.0 Å². The van der Waals surface area contributed by atoms with E-state index in [1.807, 2.05) is 30.3 Å². The van der Waals surface area contributed by atoms with Crippen molar-refractivity contribution in [3.63, 3.8) is 0 Å². The van der Waals surface area contributed by atoms with Crippen LogP contribution in [0.2, 0.25) is 0 Å². The van der Waals surface area contributed by atoms with E-state index >= 15 is 0 Å². The molecule has 4 nitrogen and oxygen atoms in total. The van der Waals surface area contributed by atoms with E-state index in [2.05, 4.69) is 30.9 Å². The second-order valence-corrected chi connectivity index (χ2v) is 7.97. The highest BCUT2D eigenvalue weighted by Crippen LogP contribution is 2.38. The minimum atomic E-state index is -0.245. The number of nitrogens with zero attached hydrogens (tertiary/aromatic N) is 1. The first-order valence-electron chi connectivity index (χ1n) is 11.4. The van der Waals surface area contributed by atoms with Gasteiger partial charge in [0, 0.05) is 30.0 Å². The number of hydrogen-bond acceptors (Lipinski definition) is 4. The number of furan rings is 1. The van der Waals surface area contributed by atoms with Crippen LogP contribution in [0.4, 0.5) is 4.39 Å². The molecule has 0 spiro atoms. The zero-order valence-corrected chi connectivity index (χ0v) is 19.4. The molecule has 0 atom stereocenters. The number of benzene rings is 3. The average Bonchev–Trinajstić information content (AvgIpc) is 3.20. The van der Waals surface area contributed by atoms with Crippen molar-refractivity contribution in [3.8, 4) is 22.6 Å². The molecule has 0 N–H and O–H groups in total. The van der Waals surface area contributed by atoms with Crippen LogP contribution in [0.1, 0.15) is 25.2 Å². The second-order valence-electron chi connectivity index (χ2n) is 7.97. The van der Waals surface area contributed by atoms with E-state index < -0.39 is 0 Å². The largest absolute Gasteiger partial charge is 0.497 e. The van der Waals surface area contributed by atoms with Gasteiger partial charge in [-0.3, -0.25) is 0 Å². The third-order valence-corrected chi connectivity index (χ3v) is 5.96. The fourth-order valence-electron chi connectivity index (χ4n) is 4.03. The molecular weight excluding hydrogens is 417 g/mol. The number of rotatable bonds is 10. The number of ether oxygens (including phenoxy) is 2. The van der Waals surface area contributed by atoms with Crippen molar-refractivity contribution in [1.82, 2.24) is 4.90 Å². The zero-order valence-electron chi connectivity index (χ0n) is 19.4. The Labute approximate surface area is 194 Å². The molecule has 0 amide bonds. The Bertz CT molecular complexity index is 1180. The van der Waals surface area contributed by atoms with Crippen molar-refractivity contribution < 1.29 is 18.3 Å². The highest BCUT2D eigenvalue weighted by atomic mass is 19.1. The van der Waals surface area contributed by atoms with Crippen LogP contribution in [-0.2, 0) is 6.42 Å². The van der Waals surface area contributed by atoms with Gasteiger partial charge in [-0.1, -0.05) is 38.1 Å². The van der Waals surface area contributed by atoms with Crippen LogP contribution in [0.5, 0.6) is 11.5 Å². The van der Waals surface area contributed by atoms with Gasteiger partial charge in [-0.05, 0) is 60.6 Å². The lowest BCUT2D eigenvalue weighted by Crippen LogP contribution is -2.27. The first kappa shape index (κ1) is 22.9. The Hall–Kier alpha value is -3.31. The summed E-state index contributed by atoms with van der Waals surface area (Å²) in [7, 11) is 1.64. The molecule has 3 aromatic carbocycles. The number of hydrogen-bond donors (Lipinski definition) is 0. The van der Waals surface area contributed by atoms with Crippen molar-refractivity contribution in [1.29, 1.82) is 0 Å². The molecule has 0 bridgehead atoms. The molecule has 33 heavy (non-hydrogen) atoms. The van der Waals surface area contributed by atoms with Crippen molar-refractivity contribution >= 4 is 11.0 Å². The molecule has 0 aliphatic carbocycles. The maximum absolute atomic E-state index is 13.4. The Morgan fingerprint density at radius 2 is 1.58 bits per heavy atom. The van der Waals surface area contributed by atoms with Crippen molar-refractivity contribution in [2.24, 2.45) is 0 Å². The van der Waals surface area contributed by atoms with Gasteiger partial charge in [-0.2, -0.15) is 0 Å². The lowest BCUT2D eigenvalue weighted by molar-refractivity contribution is 0.223. The summed E-state index contributed by atoms with van der Waals surface area (Å²) in [5.41, 5.74) is 3.83. The molecule has 1 heterocycles. The van der Waals surface area contributed by atoms with E-state index in [4.69, 9.17) is 13.9 Å². The summed E-state index contributed by atoms with van der Waals surface area (Å²) in [6, 6.07) is 20.5. The van der Waals surface area contributed by atoms with Crippen LogP contribution in [0.15, 0.2) is 71.1 Å². The maximum atomic E-state index is 13.4. The molecule has 1 aromatic heterocycles. The van der Waals surface area contributed by atoms with Gasteiger partial charge in [0.2, 0.25) is 0 Å². The Kier molecular flexibility index (Phi) is 7.30. The predicted molar refractivity (Wildman–Crippen MR) is 131 cm³/mol. The van der Waals surface area contributed by atoms with Crippen LogP contribution in [0, 0.1) is 5.82 Å². The Morgan fingerprint density at radius 1 is 0.879 bits per heavy atom. The lowest BCUT2D eigenvalue weighted by Gasteiger charge is -2.18. The van der Waals surface area contributed by atoms with E-state index in [-0.39, 0.29) is 5.82 Å². The van der Waals surface area contributed by atoms with Crippen LogP contribution in [0.25, 0.3) is 22.1 Å². The normalized spacial score (nSPS) is 11.3. The minimum Gasteiger partial charge on any atom is -0.497 e. The number of methoxy groups -OCH3 is 1. The van der Waals surface area contributed by atoms with Gasteiger partial charge >= 0.3 is 0 Å². The van der Waals surface area contributed by atoms with Gasteiger partial charge in [-0.15, -0.1) is 0 Å². The van der Waals surface area contributed by atoms with Gasteiger partial charge < -0.3 is 18.8 Å². The van der Waals surface area contributed by atoms with E-state index in [1.165, 1.54) is 12.1 Å². The molecule has 0 saturated carbocycles. The smallest absolute Gasteiger partial charge is 0.138 e. The van der Waals surface area contributed by atoms with Crippen LogP contribution in [0.3, 0.4) is 0 Å². The van der Waals surface area contributed by atoms with E-state index in [9.17, 15) is 4.39 Å². The van der Waals surface area contributed by atoms with E-state index in [0.717, 1.165) is 64.6 Å². The van der Waals surface area contributed by atoms with Gasteiger partial charge in [0.25, 0.3) is 0 Å². The molecule has 172 valence electrons. The highest BCUT2D eigenvalue weighted by Gasteiger charge is 2.17. The van der Waals surface area contributed by atoms with Crippen LogP contribution in [-0.4, -0.2) is 38.3 Å². The summed E-state index contributed by atoms with van der Waals surface area (Å²) in [6.45, 7) is 7.93. The minimum absolute atomic E-state index is 0.245. The average molecular weight is 448 g/mol. The molecule has 0 fully saturated rings. The topological polar surface area (TPSA) is 34.8 Å². The van der Waals surface area contributed by atoms with Crippen molar-refractivity contribution in [2.75, 3.05) is 33.4 Å². The first-order valence-corrected chi connectivity index (χ1v) is 11.4. The third-order valence-electron chi connectivity index (χ3n) is 5.96. The SMILES string of the molecule is CCN(CC)CCOc1ccc(-c2c(Cc3ccc(F)cc3)oc3cc(OC)ccc23)cc1. The quantitative estimate of drug-likeness (QED) is 0.276. The van der Waals surface area contributed by atoms with Crippen molar-refractivity contribution in [3.05, 3.63) is 83.9 Å². The third kappa shape index (κ3) is 5.37. The standard InChI is InChI=1S/C28H30FNO3/c1-4-30(5-2)16-17-32-23-12-8-21(9-13-23)28-25-15-14-24(31-3)19-26(25)33-27(28)18-20-6-10-22(29)11-7-20/h6-15,19H,4-5,16-18H2,1-3H3. The predicted octanol–water partition coefficient (Wildman–Crippen LogP) is 6.56. The maximum Gasteiger partial charge on any atom is 0.138 e. The van der Waals surface area contributed by atoms with Gasteiger partial charge in [0.15, 0.2) is 0 Å². The van der Waals surface area contributed by atoms with Crippen LogP contribution < -0.4 is 9.47 Å². The van der Waals surface area contributed by atoms with Gasteiger partial charge in [0.1, 0.15) is 35.3 Å². The van der Waals surface area contributed by atoms with Crippen LogP contribution >= 0.6 is 0 Å². The summed E-state index contributed by atoms with van der Waals surface area (Å²) in [6.07, 6.45) is 0.564. The molecule has 5 heteroatoms. The molecule has 0 unspecified atom stereocenters. The first-order chi connectivity index (χ1) is 16.1. The second kappa shape index (κ2) is 10.5. The Balaban J connectivity index is 1.63. The highest BCUT2D eigenvalue weighted by molar-refractivity contribution is 5.96.